The number of amides is 3. The number of rotatable bonds is 12. The number of ether oxygens (including phenoxy) is 1. The Morgan fingerprint density at radius 2 is 1.77 bits per heavy atom. The zero-order chi connectivity index (χ0) is 28.2. The Balaban J connectivity index is 1.45. The van der Waals surface area contributed by atoms with E-state index in [9.17, 15) is 36.7 Å². The third kappa shape index (κ3) is 8.05. The van der Waals surface area contributed by atoms with Crippen LogP contribution in [0.4, 0.5) is 17.6 Å². The van der Waals surface area contributed by atoms with Crippen molar-refractivity contribution >= 4 is 23.5 Å². The van der Waals surface area contributed by atoms with Gasteiger partial charge in [0.15, 0.2) is 5.78 Å². The van der Waals surface area contributed by atoms with E-state index in [1.54, 1.807) is 0 Å². The summed E-state index contributed by atoms with van der Waals surface area (Å²) in [5.41, 5.74) is 0.355. The van der Waals surface area contributed by atoms with Crippen LogP contribution in [0.1, 0.15) is 42.8 Å². The Morgan fingerprint density at radius 1 is 1.05 bits per heavy atom. The fraction of sp³-hybridized carbons (Fsp3) is 0.500. The van der Waals surface area contributed by atoms with Gasteiger partial charge in [-0.2, -0.15) is 0 Å². The van der Waals surface area contributed by atoms with Gasteiger partial charge in [-0.15, -0.1) is 23.4 Å². The maximum atomic E-state index is 13.2. The van der Waals surface area contributed by atoms with Crippen molar-refractivity contribution in [1.29, 1.82) is 0 Å². The molecule has 1 aromatic heterocycles. The maximum Gasteiger partial charge on any atom is 0.522 e. The van der Waals surface area contributed by atoms with E-state index >= 15 is 0 Å². The van der Waals surface area contributed by atoms with Crippen molar-refractivity contribution in [1.82, 2.24) is 26.1 Å². The second-order valence-corrected chi connectivity index (χ2v) is 9.40. The van der Waals surface area contributed by atoms with Crippen LogP contribution in [0.3, 0.4) is 0 Å². The standard InChI is InChI=1S/C24H25F4N5O6/c25-15-5-3-13(4-6-15)22-32-33-23(39-22)21(37)31-17(9-12-1-2-12)20(36)30-16(10-14-7-8-29-19(14)35)18(34)11-38-24(26,27)28/h3-6,12,14,16-17H,1-2,7-11H2,(H,29,35)(H,30,36)(H,31,37)/t14-,16-,17-/m0/s1. The number of hydrogen-bond acceptors (Lipinski definition) is 8. The molecule has 1 saturated carbocycles. The maximum absolute atomic E-state index is 13.2. The monoisotopic (exact) mass is 555 g/mol. The lowest BCUT2D eigenvalue weighted by atomic mass is 9.95. The lowest BCUT2D eigenvalue weighted by Crippen LogP contribution is -2.53. The van der Waals surface area contributed by atoms with Gasteiger partial charge in [-0.1, -0.05) is 12.8 Å². The molecule has 39 heavy (non-hydrogen) atoms. The van der Waals surface area contributed by atoms with Crippen LogP contribution >= 0.6 is 0 Å². The first-order valence-corrected chi connectivity index (χ1v) is 12.2. The molecular formula is C24H25F4N5O6. The Hall–Kier alpha value is -3.88. The van der Waals surface area contributed by atoms with Gasteiger partial charge >= 0.3 is 18.2 Å². The quantitative estimate of drug-likeness (QED) is 0.336. The number of nitrogens with zero attached hydrogens (tertiary/aromatic N) is 2. The molecule has 1 aliphatic heterocycles. The first-order valence-electron chi connectivity index (χ1n) is 12.2. The van der Waals surface area contributed by atoms with Gasteiger partial charge in [0, 0.05) is 18.0 Å². The minimum absolute atomic E-state index is 0.0616. The number of Topliss-reactive ketones (excluding diaryl/α,β-unsaturated/α-hetero) is 1. The second kappa shape index (κ2) is 11.9. The Labute approximate surface area is 219 Å². The zero-order valence-electron chi connectivity index (χ0n) is 20.4. The number of halogens is 4. The number of hydrogen-bond donors (Lipinski definition) is 3. The summed E-state index contributed by atoms with van der Waals surface area (Å²) in [6.45, 7) is -1.02. The van der Waals surface area contributed by atoms with E-state index in [-0.39, 0.29) is 30.6 Å². The number of nitrogens with one attached hydrogen (secondary N) is 3. The molecule has 0 bridgehead atoms. The molecule has 1 aromatic carbocycles. The van der Waals surface area contributed by atoms with Crippen LogP contribution in [-0.2, 0) is 19.1 Å². The SMILES string of the molecule is O=C(N[C@@H](CC1CC1)C(=O)N[C@@H](C[C@@H]1CCNC1=O)C(=O)COC(F)(F)F)c1nnc(-c2ccc(F)cc2)o1. The smallest absolute Gasteiger partial charge is 0.412 e. The van der Waals surface area contributed by atoms with Gasteiger partial charge < -0.3 is 20.4 Å². The summed E-state index contributed by atoms with van der Waals surface area (Å²) in [7, 11) is 0. The highest BCUT2D eigenvalue weighted by molar-refractivity contribution is 5.96. The molecule has 2 aliphatic rings. The average molecular weight is 555 g/mol. The molecule has 210 valence electrons. The lowest BCUT2D eigenvalue weighted by molar-refractivity contribution is -0.321. The van der Waals surface area contributed by atoms with Crippen LogP contribution in [-0.4, -0.2) is 65.3 Å². The molecule has 3 amide bonds. The normalized spacial score (nSPS) is 18.8. The van der Waals surface area contributed by atoms with Crippen molar-refractivity contribution in [3.05, 3.63) is 36.0 Å². The molecule has 0 radical (unpaired) electrons. The van der Waals surface area contributed by atoms with E-state index in [0.717, 1.165) is 12.8 Å². The molecule has 1 saturated heterocycles. The van der Waals surface area contributed by atoms with Crippen LogP contribution in [0.15, 0.2) is 28.7 Å². The highest BCUT2D eigenvalue weighted by Crippen LogP contribution is 2.33. The van der Waals surface area contributed by atoms with Crippen LogP contribution in [0.2, 0.25) is 0 Å². The molecular weight excluding hydrogens is 530 g/mol. The van der Waals surface area contributed by atoms with Crippen molar-refractivity contribution in [2.45, 2.75) is 50.6 Å². The molecule has 3 N–H and O–H groups in total. The molecule has 0 spiro atoms. The second-order valence-electron chi connectivity index (χ2n) is 9.40. The van der Waals surface area contributed by atoms with Crippen molar-refractivity contribution < 1.29 is 45.9 Å². The molecule has 3 atom stereocenters. The third-order valence-corrected chi connectivity index (χ3v) is 6.36. The Kier molecular flexibility index (Phi) is 8.57. The molecule has 1 aliphatic carbocycles. The van der Waals surface area contributed by atoms with E-state index < -0.39 is 60.3 Å². The molecule has 0 unspecified atom stereocenters. The largest absolute Gasteiger partial charge is 0.522 e. The van der Waals surface area contributed by atoms with Gasteiger partial charge in [0.25, 0.3) is 0 Å². The van der Waals surface area contributed by atoms with E-state index in [0.29, 0.717) is 18.5 Å². The summed E-state index contributed by atoms with van der Waals surface area (Å²) >= 11 is 0. The summed E-state index contributed by atoms with van der Waals surface area (Å²) in [6.07, 6.45) is -3.15. The predicted molar refractivity (Wildman–Crippen MR) is 123 cm³/mol. The van der Waals surface area contributed by atoms with Crippen molar-refractivity contribution in [2.24, 2.45) is 11.8 Å². The van der Waals surface area contributed by atoms with Crippen LogP contribution in [0.25, 0.3) is 11.5 Å². The molecule has 2 fully saturated rings. The summed E-state index contributed by atoms with van der Waals surface area (Å²) in [5.74, 6) is -4.77. The zero-order valence-corrected chi connectivity index (χ0v) is 20.4. The average Bonchev–Trinajstić information content (AvgIpc) is 3.39. The molecule has 2 heterocycles. The number of carbonyl (C=O) groups is 4. The number of aromatic nitrogens is 2. The Bertz CT molecular complexity index is 1210. The fourth-order valence-corrected chi connectivity index (χ4v) is 4.11. The molecule has 15 heteroatoms. The van der Waals surface area contributed by atoms with Gasteiger partial charge in [-0.3, -0.25) is 23.9 Å². The van der Waals surface area contributed by atoms with Gasteiger partial charge in [0.2, 0.25) is 17.7 Å². The fourth-order valence-electron chi connectivity index (χ4n) is 4.11. The number of alkyl halides is 3. The van der Waals surface area contributed by atoms with Crippen LogP contribution < -0.4 is 16.0 Å². The van der Waals surface area contributed by atoms with Crippen molar-refractivity contribution in [3.8, 4) is 11.5 Å². The van der Waals surface area contributed by atoms with Crippen molar-refractivity contribution in [2.75, 3.05) is 13.2 Å². The number of benzene rings is 1. The minimum Gasteiger partial charge on any atom is -0.412 e. The molecule has 2 aromatic rings. The summed E-state index contributed by atoms with van der Waals surface area (Å²) in [4.78, 5) is 50.5. The van der Waals surface area contributed by atoms with Crippen molar-refractivity contribution in [3.63, 3.8) is 0 Å². The topological polar surface area (TPSA) is 153 Å². The minimum atomic E-state index is -5.06. The Morgan fingerprint density at radius 3 is 2.38 bits per heavy atom. The van der Waals surface area contributed by atoms with Gasteiger partial charge in [0.05, 0.1) is 6.04 Å². The highest BCUT2D eigenvalue weighted by atomic mass is 19.4. The summed E-state index contributed by atoms with van der Waals surface area (Å²) in [6, 6.07) is 2.45. The number of carbonyl (C=O) groups excluding carboxylic acids is 4. The van der Waals surface area contributed by atoms with E-state index in [2.05, 4.69) is 30.9 Å². The predicted octanol–water partition coefficient (Wildman–Crippen LogP) is 1.89. The van der Waals surface area contributed by atoms with E-state index in [1.807, 2.05) is 0 Å². The van der Waals surface area contributed by atoms with Gasteiger partial charge in [-0.25, -0.2) is 4.39 Å². The molecule has 4 rings (SSSR count). The first-order chi connectivity index (χ1) is 18.5. The first kappa shape index (κ1) is 28.1. The molecule has 11 nitrogen and oxygen atoms in total. The summed E-state index contributed by atoms with van der Waals surface area (Å²) < 4.78 is 59.7. The van der Waals surface area contributed by atoms with E-state index in [4.69, 9.17) is 4.42 Å². The number of ketones is 1. The lowest BCUT2D eigenvalue weighted by Gasteiger charge is -2.24. The van der Waals surface area contributed by atoms with Gasteiger partial charge in [-0.05, 0) is 49.4 Å². The van der Waals surface area contributed by atoms with E-state index in [1.165, 1.54) is 24.3 Å². The van der Waals surface area contributed by atoms with Crippen LogP contribution in [0.5, 0.6) is 0 Å². The van der Waals surface area contributed by atoms with Gasteiger partial charge in [0.1, 0.15) is 18.5 Å². The van der Waals surface area contributed by atoms with Crippen LogP contribution in [0, 0.1) is 17.7 Å². The third-order valence-electron chi connectivity index (χ3n) is 6.36. The summed E-state index contributed by atoms with van der Waals surface area (Å²) in [5, 5.41) is 14.8. The highest BCUT2D eigenvalue weighted by Gasteiger charge is 2.37.